The highest BCUT2D eigenvalue weighted by Crippen LogP contribution is 2.29. The maximum Gasteiger partial charge on any atom is 0.340 e. The number of carbonyl (C=O) groups is 4. The first-order valence-corrected chi connectivity index (χ1v) is 15.7. The molecule has 0 fully saturated rings. The Morgan fingerprint density at radius 1 is 0.759 bits per heavy atom. The molecular formula is C35H26FN11O7. The zero-order valence-corrected chi connectivity index (χ0v) is 28.3. The zero-order valence-electron chi connectivity index (χ0n) is 28.3. The summed E-state index contributed by atoms with van der Waals surface area (Å²) in [6.45, 7) is -0.233. The Hall–Kier alpha value is -7.88. The quantitative estimate of drug-likeness (QED) is 0.172. The normalized spacial score (nSPS) is 10.6. The number of rotatable bonds is 12. The Balaban J connectivity index is 1.18. The molecular weight excluding hydrogens is 705 g/mol. The highest BCUT2D eigenvalue weighted by atomic mass is 19.1. The summed E-state index contributed by atoms with van der Waals surface area (Å²) >= 11 is 0. The third-order valence-corrected chi connectivity index (χ3v) is 7.68. The van der Waals surface area contributed by atoms with Gasteiger partial charge in [0.25, 0.3) is 11.8 Å². The summed E-state index contributed by atoms with van der Waals surface area (Å²) in [6.07, 6.45) is 9.39. The summed E-state index contributed by atoms with van der Waals surface area (Å²) < 4.78 is 33.7. The highest BCUT2D eigenvalue weighted by Gasteiger charge is 2.22. The molecule has 0 spiro atoms. The van der Waals surface area contributed by atoms with Crippen molar-refractivity contribution >= 4 is 35.1 Å². The molecule has 0 saturated heterocycles. The van der Waals surface area contributed by atoms with Crippen LogP contribution >= 0.6 is 0 Å². The van der Waals surface area contributed by atoms with Crippen molar-refractivity contribution in [1.82, 2.24) is 39.5 Å². The number of halogens is 1. The van der Waals surface area contributed by atoms with Crippen molar-refractivity contribution in [3.05, 3.63) is 125 Å². The zero-order chi connectivity index (χ0) is 38.2. The second kappa shape index (κ2) is 16.0. The van der Waals surface area contributed by atoms with Crippen LogP contribution in [-0.4, -0.2) is 84.1 Å². The first-order chi connectivity index (χ1) is 26.2. The predicted molar refractivity (Wildman–Crippen MR) is 184 cm³/mol. The van der Waals surface area contributed by atoms with E-state index < -0.39 is 29.6 Å². The largest absolute Gasteiger partial charge is 0.490 e. The van der Waals surface area contributed by atoms with E-state index >= 15 is 4.39 Å². The van der Waals surface area contributed by atoms with Gasteiger partial charge in [-0.3, -0.25) is 18.7 Å². The molecule has 0 aliphatic heterocycles. The molecule has 2 amide bonds. The Morgan fingerprint density at radius 2 is 1.30 bits per heavy atom. The molecule has 0 saturated carbocycles. The third kappa shape index (κ3) is 7.87. The van der Waals surface area contributed by atoms with E-state index in [2.05, 4.69) is 41.0 Å². The molecule has 4 heterocycles. The van der Waals surface area contributed by atoms with E-state index in [0.29, 0.717) is 17.2 Å². The molecule has 2 aromatic carbocycles. The number of aromatic nitrogens is 8. The van der Waals surface area contributed by atoms with Gasteiger partial charge in [0.1, 0.15) is 12.7 Å². The lowest BCUT2D eigenvalue weighted by Gasteiger charge is -2.15. The second-order valence-corrected chi connectivity index (χ2v) is 11.0. The molecule has 0 radical (unpaired) electrons. The van der Waals surface area contributed by atoms with E-state index in [-0.39, 0.29) is 58.2 Å². The molecule has 6 aromatic rings. The van der Waals surface area contributed by atoms with Crippen molar-refractivity contribution in [3.63, 3.8) is 0 Å². The SMILES string of the molecule is COC(=O)c1cc(F)c(OCCc2cc(C(=O)OC)c(NC(=O)c3ccc(-n4ccnc4)nn3)cc2C#N)cc1NC(=O)c1ccc(-n2ccnc2)nn1. The van der Waals surface area contributed by atoms with Crippen LogP contribution in [0.3, 0.4) is 0 Å². The minimum atomic E-state index is -0.951. The molecule has 0 unspecified atom stereocenters. The minimum absolute atomic E-state index is 0.0267. The van der Waals surface area contributed by atoms with Gasteiger partial charge < -0.3 is 24.8 Å². The van der Waals surface area contributed by atoms with Crippen molar-refractivity contribution in [2.24, 2.45) is 0 Å². The van der Waals surface area contributed by atoms with E-state index in [0.717, 1.165) is 26.4 Å². The lowest BCUT2D eigenvalue weighted by molar-refractivity contribution is 0.0592. The highest BCUT2D eigenvalue weighted by molar-refractivity contribution is 6.08. The van der Waals surface area contributed by atoms with Gasteiger partial charge in [-0.15, -0.1) is 20.4 Å². The summed E-state index contributed by atoms with van der Waals surface area (Å²) in [5.41, 5.74) is -0.361. The molecule has 4 aromatic heterocycles. The van der Waals surface area contributed by atoms with Gasteiger partial charge >= 0.3 is 11.9 Å². The number of nitrogens with one attached hydrogen (secondary N) is 2. The maximum atomic E-state index is 15.2. The van der Waals surface area contributed by atoms with Gasteiger partial charge in [0, 0.05) is 37.3 Å². The number of amides is 2. The summed E-state index contributed by atoms with van der Waals surface area (Å²) in [5, 5.41) is 30.9. The Bertz CT molecular complexity index is 2380. The van der Waals surface area contributed by atoms with Crippen LogP contribution in [-0.2, 0) is 15.9 Å². The van der Waals surface area contributed by atoms with Gasteiger partial charge in [-0.25, -0.2) is 23.9 Å². The molecule has 19 heteroatoms. The van der Waals surface area contributed by atoms with Gasteiger partial charge in [0.2, 0.25) is 0 Å². The molecule has 6 rings (SSSR count). The number of anilines is 2. The van der Waals surface area contributed by atoms with Gasteiger partial charge in [0.05, 0.1) is 55.0 Å². The first kappa shape index (κ1) is 35.9. The van der Waals surface area contributed by atoms with Crippen LogP contribution in [0.15, 0.2) is 86.0 Å². The number of hydrogen-bond acceptors (Lipinski definition) is 14. The number of nitrogens with zero attached hydrogens (tertiary/aromatic N) is 9. The van der Waals surface area contributed by atoms with Crippen LogP contribution in [0.4, 0.5) is 15.8 Å². The third-order valence-electron chi connectivity index (χ3n) is 7.68. The van der Waals surface area contributed by atoms with Gasteiger partial charge in [-0.1, -0.05) is 0 Å². The lowest BCUT2D eigenvalue weighted by atomic mass is 10.00. The molecule has 18 nitrogen and oxygen atoms in total. The van der Waals surface area contributed by atoms with Crippen molar-refractivity contribution in [2.45, 2.75) is 6.42 Å². The average Bonchev–Trinajstić information content (AvgIpc) is 3.95. The van der Waals surface area contributed by atoms with Crippen molar-refractivity contribution in [1.29, 1.82) is 5.26 Å². The fourth-order valence-electron chi connectivity index (χ4n) is 4.98. The maximum absolute atomic E-state index is 15.2. The van der Waals surface area contributed by atoms with E-state index in [1.54, 1.807) is 40.0 Å². The molecule has 0 bridgehead atoms. The molecule has 0 aliphatic carbocycles. The number of hydrogen-bond donors (Lipinski definition) is 2. The van der Waals surface area contributed by atoms with Crippen molar-refractivity contribution < 1.29 is 37.8 Å². The van der Waals surface area contributed by atoms with E-state index in [9.17, 15) is 24.4 Å². The fourth-order valence-corrected chi connectivity index (χ4v) is 4.98. The standard InChI is InChI=1S/C35H26FN11O7/c1-52-34(50)22-13-20(21(17-37)14-27(22)40-32(48)25-3-5-30(44-42-25)46-10-8-38-18-46)7-12-54-29-16-28(23(15-24(29)36)35(51)53-2)41-33(49)26-4-6-31(45-43-26)47-11-9-39-19-47/h3-6,8-11,13-16,18-19H,7,12H2,1-2H3,(H,40,48)(H,41,49). The monoisotopic (exact) mass is 731 g/mol. The summed E-state index contributed by atoms with van der Waals surface area (Å²) in [7, 11) is 2.24. The number of methoxy groups -OCH3 is 2. The van der Waals surface area contributed by atoms with Crippen molar-refractivity contribution in [3.8, 4) is 23.5 Å². The summed E-state index contributed by atoms with van der Waals surface area (Å²) in [5.74, 6) is -3.71. The average molecular weight is 732 g/mol. The van der Waals surface area contributed by atoms with Crippen molar-refractivity contribution in [2.75, 3.05) is 31.5 Å². The fraction of sp³-hybridized carbons (Fsp3) is 0.114. The lowest BCUT2D eigenvalue weighted by Crippen LogP contribution is -2.18. The number of esters is 2. The van der Waals surface area contributed by atoms with Crippen LogP contribution in [0.5, 0.6) is 5.75 Å². The first-order valence-electron chi connectivity index (χ1n) is 15.7. The summed E-state index contributed by atoms with van der Waals surface area (Å²) in [4.78, 5) is 59.2. The minimum Gasteiger partial charge on any atom is -0.490 e. The van der Waals surface area contributed by atoms with Crippen LogP contribution in [0.1, 0.15) is 52.8 Å². The van der Waals surface area contributed by atoms with Crippen LogP contribution in [0, 0.1) is 17.1 Å². The Kier molecular flexibility index (Phi) is 10.6. The molecule has 270 valence electrons. The number of benzene rings is 2. The van der Waals surface area contributed by atoms with E-state index in [1.165, 1.54) is 43.0 Å². The molecule has 2 N–H and O–H groups in total. The van der Waals surface area contributed by atoms with Gasteiger partial charge in [0.15, 0.2) is 34.6 Å². The van der Waals surface area contributed by atoms with Gasteiger partial charge in [-0.2, -0.15) is 5.26 Å². The number of carbonyl (C=O) groups excluding carboxylic acids is 4. The van der Waals surface area contributed by atoms with Crippen LogP contribution in [0.25, 0.3) is 11.6 Å². The van der Waals surface area contributed by atoms with Gasteiger partial charge in [-0.05, 0) is 48.0 Å². The topological polar surface area (TPSA) is 231 Å². The number of imidazole rings is 2. The molecule has 54 heavy (non-hydrogen) atoms. The molecule has 0 aliphatic rings. The Morgan fingerprint density at radius 3 is 1.76 bits per heavy atom. The number of nitriles is 1. The number of ether oxygens (including phenoxy) is 3. The van der Waals surface area contributed by atoms with Crippen LogP contribution in [0.2, 0.25) is 0 Å². The molecule has 0 atom stereocenters. The smallest absolute Gasteiger partial charge is 0.340 e. The van der Waals surface area contributed by atoms with E-state index in [4.69, 9.17) is 14.2 Å². The predicted octanol–water partition coefficient (Wildman–Crippen LogP) is 3.35. The summed E-state index contributed by atoms with van der Waals surface area (Å²) in [6, 6.07) is 12.5. The Labute approximate surface area is 304 Å². The van der Waals surface area contributed by atoms with E-state index in [1.807, 2.05) is 6.07 Å². The second-order valence-electron chi connectivity index (χ2n) is 11.0. The van der Waals surface area contributed by atoms with Crippen LogP contribution < -0.4 is 15.4 Å².